The molecule has 1 aliphatic carbocycles. The van der Waals surface area contributed by atoms with Gasteiger partial charge in [-0.05, 0) is 38.5 Å². The Morgan fingerprint density at radius 1 is 1.14 bits per heavy atom. The molecular formula is C21H31N5O3. The number of piperidine rings is 1. The number of rotatable bonds is 5. The van der Waals surface area contributed by atoms with Gasteiger partial charge >= 0.3 is 6.03 Å². The molecule has 1 atom stereocenters. The lowest BCUT2D eigenvalue weighted by molar-refractivity contribution is 0.0915. The predicted octanol–water partition coefficient (Wildman–Crippen LogP) is 3.10. The molecule has 0 aromatic carbocycles. The van der Waals surface area contributed by atoms with E-state index in [-0.39, 0.29) is 35.4 Å². The third-order valence-electron chi connectivity index (χ3n) is 6.39. The van der Waals surface area contributed by atoms with Crippen molar-refractivity contribution in [2.45, 2.75) is 83.2 Å². The first kappa shape index (κ1) is 19.9. The summed E-state index contributed by atoms with van der Waals surface area (Å²) in [7, 11) is 0. The number of carbonyl (C=O) groups is 2. The Morgan fingerprint density at radius 2 is 1.90 bits per heavy atom. The fraction of sp³-hybridized carbons (Fsp3) is 0.714. The minimum atomic E-state index is -0.356. The number of unbranched alkanes of at least 4 members (excludes halogenated alkanes) is 1. The SMILES string of the molecule is CCCCN1C(=O)N2CCCCC2c2c1nc(C(=O)NC1CCCCC1)[nH]c2=O. The maximum absolute atomic E-state index is 13.1. The first-order valence-electron chi connectivity index (χ1n) is 11.1. The molecule has 3 amide bonds. The molecule has 0 spiro atoms. The van der Waals surface area contributed by atoms with Crippen molar-refractivity contribution in [1.29, 1.82) is 0 Å². The van der Waals surface area contributed by atoms with Crippen LogP contribution in [-0.2, 0) is 0 Å². The summed E-state index contributed by atoms with van der Waals surface area (Å²) in [5, 5.41) is 3.01. The van der Waals surface area contributed by atoms with Gasteiger partial charge < -0.3 is 15.2 Å². The minimum absolute atomic E-state index is 0.0119. The number of carbonyl (C=O) groups excluding carboxylic acids is 2. The van der Waals surface area contributed by atoms with Crippen LogP contribution in [0.3, 0.4) is 0 Å². The van der Waals surface area contributed by atoms with Crippen LogP contribution in [0.5, 0.6) is 0 Å². The highest BCUT2D eigenvalue weighted by molar-refractivity contribution is 5.96. The van der Waals surface area contributed by atoms with Gasteiger partial charge in [0.1, 0.15) is 5.82 Å². The van der Waals surface area contributed by atoms with Crippen molar-refractivity contribution in [2.75, 3.05) is 18.0 Å². The zero-order chi connectivity index (χ0) is 20.4. The van der Waals surface area contributed by atoms with Gasteiger partial charge in [0.25, 0.3) is 11.5 Å². The van der Waals surface area contributed by atoms with Gasteiger partial charge in [-0.1, -0.05) is 32.6 Å². The highest BCUT2D eigenvalue weighted by Gasteiger charge is 2.41. The van der Waals surface area contributed by atoms with Gasteiger partial charge in [-0.25, -0.2) is 9.78 Å². The molecule has 0 radical (unpaired) electrons. The predicted molar refractivity (Wildman–Crippen MR) is 110 cm³/mol. The van der Waals surface area contributed by atoms with Crippen LogP contribution in [0.15, 0.2) is 4.79 Å². The smallest absolute Gasteiger partial charge is 0.326 e. The first-order chi connectivity index (χ1) is 14.1. The van der Waals surface area contributed by atoms with E-state index in [1.807, 2.05) is 0 Å². The van der Waals surface area contributed by atoms with Crippen LogP contribution in [-0.4, -0.2) is 45.9 Å². The quantitative estimate of drug-likeness (QED) is 0.792. The Morgan fingerprint density at radius 3 is 2.66 bits per heavy atom. The van der Waals surface area contributed by atoms with E-state index < -0.39 is 0 Å². The molecule has 1 aromatic heterocycles. The molecule has 2 aliphatic heterocycles. The van der Waals surface area contributed by atoms with E-state index in [0.717, 1.165) is 57.8 Å². The van der Waals surface area contributed by atoms with Crippen LogP contribution >= 0.6 is 0 Å². The lowest BCUT2D eigenvalue weighted by Crippen LogP contribution is -2.54. The fourth-order valence-electron chi connectivity index (χ4n) is 4.81. The molecule has 4 rings (SSSR count). The van der Waals surface area contributed by atoms with Crippen molar-refractivity contribution >= 4 is 17.8 Å². The highest BCUT2D eigenvalue weighted by Crippen LogP contribution is 2.38. The van der Waals surface area contributed by atoms with Crippen molar-refractivity contribution in [3.63, 3.8) is 0 Å². The van der Waals surface area contributed by atoms with Crippen molar-refractivity contribution in [3.8, 4) is 0 Å². The van der Waals surface area contributed by atoms with Crippen LogP contribution in [0.1, 0.15) is 93.4 Å². The number of aromatic nitrogens is 2. The molecule has 0 bridgehead atoms. The Balaban J connectivity index is 1.68. The molecule has 1 saturated heterocycles. The molecular weight excluding hydrogens is 370 g/mol. The molecule has 3 heterocycles. The van der Waals surface area contributed by atoms with E-state index in [1.54, 1.807) is 9.80 Å². The van der Waals surface area contributed by atoms with E-state index in [0.29, 0.717) is 24.5 Å². The number of H-pyrrole nitrogens is 1. The minimum Gasteiger partial charge on any atom is -0.347 e. The summed E-state index contributed by atoms with van der Waals surface area (Å²) in [6.45, 7) is 3.23. The molecule has 158 valence electrons. The van der Waals surface area contributed by atoms with E-state index >= 15 is 0 Å². The Labute approximate surface area is 171 Å². The van der Waals surface area contributed by atoms with E-state index in [9.17, 15) is 14.4 Å². The van der Waals surface area contributed by atoms with Crippen molar-refractivity contribution in [1.82, 2.24) is 20.2 Å². The average Bonchev–Trinajstić information content (AvgIpc) is 2.74. The summed E-state index contributed by atoms with van der Waals surface area (Å²) >= 11 is 0. The number of nitrogens with one attached hydrogen (secondary N) is 2. The van der Waals surface area contributed by atoms with Gasteiger partial charge in [0.15, 0.2) is 0 Å². The molecule has 8 nitrogen and oxygen atoms in total. The number of nitrogens with zero attached hydrogens (tertiary/aromatic N) is 3. The number of aromatic amines is 1. The monoisotopic (exact) mass is 401 g/mol. The molecule has 1 saturated carbocycles. The Hall–Kier alpha value is -2.38. The lowest BCUT2D eigenvalue weighted by Gasteiger charge is -2.43. The summed E-state index contributed by atoms with van der Waals surface area (Å²) in [6, 6.07) is -0.201. The molecule has 8 heteroatoms. The Bertz CT molecular complexity index is 830. The number of hydrogen-bond acceptors (Lipinski definition) is 4. The Kier molecular flexibility index (Phi) is 5.87. The molecule has 3 aliphatic rings. The maximum Gasteiger partial charge on any atom is 0.326 e. The summed E-state index contributed by atoms with van der Waals surface area (Å²) < 4.78 is 0. The highest BCUT2D eigenvalue weighted by atomic mass is 16.2. The number of amides is 3. The fourth-order valence-corrected chi connectivity index (χ4v) is 4.81. The molecule has 2 N–H and O–H groups in total. The summed E-state index contributed by atoms with van der Waals surface area (Å²) in [4.78, 5) is 49.6. The number of anilines is 1. The van der Waals surface area contributed by atoms with Gasteiger partial charge in [0.05, 0.1) is 11.6 Å². The largest absolute Gasteiger partial charge is 0.347 e. The van der Waals surface area contributed by atoms with Crippen LogP contribution in [0.4, 0.5) is 10.6 Å². The molecule has 2 fully saturated rings. The molecule has 1 unspecified atom stereocenters. The van der Waals surface area contributed by atoms with Gasteiger partial charge in [0, 0.05) is 19.1 Å². The topological polar surface area (TPSA) is 98.4 Å². The van der Waals surface area contributed by atoms with Crippen LogP contribution in [0, 0.1) is 0 Å². The summed E-state index contributed by atoms with van der Waals surface area (Å²) in [5.41, 5.74) is 0.240. The third kappa shape index (κ3) is 3.89. The molecule has 1 aromatic rings. The third-order valence-corrected chi connectivity index (χ3v) is 6.39. The van der Waals surface area contributed by atoms with Gasteiger partial charge in [-0.2, -0.15) is 0 Å². The van der Waals surface area contributed by atoms with E-state index in [2.05, 4.69) is 22.2 Å². The zero-order valence-corrected chi connectivity index (χ0v) is 17.2. The maximum atomic E-state index is 13.1. The van der Waals surface area contributed by atoms with Crippen LogP contribution in [0.2, 0.25) is 0 Å². The normalized spacial score (nSPS) is 22.2. The van der Waals surface area contributed by atoms with Crippen molar-refractivity contribution < 1.29 is 9.59 Å². The second-order valence-electron chi connectivity index (χ2n) is 8.45. The van der Waals surface area contributed by atoms with Gasteiger partial charge in [-0.3, -0.25) is 14.5 Å². The standard InChI is InChI=1S/C21H31N5O3/c1-2-3-12-26-18-16(15-11-7-8-13-25(15)21(26)29)19(27)24-17(23-18)20(28)22-14-9-5-4-6-10-14/h14-15H,2-13H2,1H3,(H,22,28)(H,23,24,27). The van der Waals surface area contributed by atoms with Crippen molar-refractivity contribution in [2.24, 2.45) is 0 Å². The summed E-state index contributed by atoms with van der Waals surface area (Å²) in [5.74, 6) is 0.0350. The van der Waals surface area contributed by atoms with Gasteiger partial charge in [-0.15, -0.1) is 0 Å². The van der Waals surface area contributed by atoms with Crippen LogP contribution < -0.4 is 15.8 Å². The van der Waals surface area contributed by atoms with Crippen molar-refractivity contribution in [3.05, 3.63) is 21.7 Å². The van der Waals surface area contributed by atoms with Gasteiger partial charge in [0.2, 0.25) is 5.82 Å². The molecule has 29 heavy (non-hydrogen) atoms. The lowest BCUT2D eigenvalue weighted by atomic mass is 9.94. The zero-order valence-electron chi connectivity index (χ0n) is 17.2. The number of urea groups is 1. The number of fused-ring (bicyclic) bond motifs is 3. The summed E-state index contributed by atoms with van der Waals surface area (Å²) in [6.07, 6.45) is 9.77. The number of hydrogen-bond donors (Lipinski definition) is 2. The first-order valence-corrected chi connectivity index (χ1v) is 11.1. The van der Waals surface area contributed by atoms with E-state index in [4.69, 9.17) is 0 Å². The van der Waals surface area contributed by atoms with Crippen LogP contribution in [0.25, 0.3) is 0 Å². The second-order valence-corrected chi connectivity index (χ2v) is 8.45. The average molecular weight is 402 g/mol. The second kappa shape index (κ2) is 8.55. The van der Waals surface area contributed by atoms with E-state index in [1.165, 1.54) is 6.42 Å².